The first-order valence-corrected chi connectivity index (χ1v) is 7.97. The van der Waals surface area contributed by atoms with E-state index in [0.29, 0.717) is 11.3 Å². The first kappa shape index (κ1) is 13.9. The average molecular weight is 325 g/mol. The van der Waals surface area contributed by atoms with Crippen molar-refractivity contribution in [2.45, 2.75) is 10.6 Å². The fraction of sp³-hybridized carbons (Fsp3) is 0.0714. The van der Waals surface area contributed by atoms with Crippen LogP contribution in [-0.2, 0) is 15.6 Å². The van der Waals surface area contributed by atoms with Crippen LogP contribution in [-0.4, -0.2) is 19.5 Å². The molecule has 0 saturated carbocycles. The molecule has 3 rings (SSSR count). The van der Waals surface area contributed by atoms with E-state index in [0.717, 1.165) is 6.07 Å². The number of benzene rings is 2. The van der Waals surface area contributed by atoms with E-state index in [2.05, 4.69) is 0 Å². The van der Waals surface area contributed by atoms with Gasteiger partial charge in [-0.05, 0) is 12.1 Å². The van der Waals surface area contributed by atoms with E-state index in [1.807, 2.05) is 0 Å². The topological polar surface area (TPSA) is 80.7 Å². The predicted octanol–water partition coefficient (Wildman–Crippen LogP) is 3.12. The Kier molecular flexibility index (Phi) is 3.15. The van der Waals surface area contributed by atoms with Gasteiger partial charge in [-0.1, -0.05) is 29.8 Å². The number of para-hydroxylation sites is 1. The maximum Gasteiger partial charge on any atom is 0.337 e. The van der Waals surface area contributed by atoms with Gasteiger partial charge in [-0.25, -0.2) is 13.2 Å². The van der Waals surface area contributed by atoms with E-state index in [9.17, 15) is 13.2 Å². The van der Waals surface area contributed by atoms with E-state index in [1.54, 1.807) is 24.3 Å². The molecular formula is C14H9ClO5S. The third-order valence-electron chi connectivity index (χ3n) is 3.14. The molecule has 2 aromatic rings. The number of sulfone groups is 1. The number of hydrogen-bond acceptors (Lipinski definition) is 4. The summed E-state index contributed by atoms with van der Waals surface area (Å²) in [4.78, 5) is 10.9. The zero-order chi connectivity index (χ0) is 15.2. The highest BCUT2D eigenvalue weighted by Crippen LogP contribution is 2.40. The van der Waals surface area contributed by atoms with E-state index >= 15 is 0 Å². The minimum absolute atomic E-state index is 0.0370. The molecule has 0 aromatic heterocycles. The van der Waals surface area contributed by atoms with Crippen LogP contribution in [0.3, 0.4) is 0 Å². The van der Waals surface area contributed by atoms with Gasteiger partial charge in [0.25, 0.3) is 0 Å². The van der Waals surface area contributed by atoms with Gasteiger partial charge in [-0.3, -0.25) is 0 Å². The molecule has 108 valence electrons. The lowest BCUT2D eigenvalue weighted by Crippen LogP contribution is -2.06. The molecule has 0 unspecified atom stereocenters. The summed E-state index contributed by atoms with van der Waals surface area (Å²) in [6.07, 6.45) is 0. The first-order chi connectivity index (χ1) is 9.88. The minimum atomic E-state index is -3.71. The number of carboxylic acids is 1. The number of aromatic carboxylic acids is 1. The van der Waals surface area contributed by atoms with Gasteiger partial charge in [-0.15, -0.1) is 0 Å². The van der Waals surface area contributed by atoms with Crippen molar-refractivity contribution < 1.29 is 23.1 Å². The van der Waals surface area contributed by atoms with Crippen LogP contribution in [0.5, 0.6) is 11.5 Å². The van der Waals surface area contributed by atoms with Crippen molar-refractivity contribution in [2.24, 2.45) is 0 Å². The Labute approximate surface area is 125 Å². The fourth-order valence-corrected chi connectivity index (χ4v) is 3.89. The quantitative estimate of drug-likeness (QED) is 0.871. The number of carboxylic acid groups (broad SMARTS) is 1. The second kappa shape index (κ2) is 4.75. The van der Waals surface area contributed by atoms with Crippen molar-refractivity contribution >= 4 is 27.4 Å². The second-order valence-corrected chi connectivity index (χ2v) is 6.92. The molecule has 0 fully saturated rings. The van der Waals surface area contributed by atoms with Crippen molar-refractivity contribution in [1.82, 2.24) is 0 Å². The van der Waals surface area contributed by atoms with Crippen molar-refractivity contribution in [3.8, 4) is 11.5 Å². The molecule has 2 aromatic carbocycles. The molecule has 5 nitrogen and oxygen atoms in total. The summed E-state index contributed by atoms with van der Waals surface area (Å²) in [6, 6.07) is 9.01. The lowest BCUT2D eigenvalue weighted by molar-refractivity contribution is 0.0697. The molecule has 7 heteroatoms. The highest BCUT2D eigenvalue weighted by molar-refractivity contribution is 7.90. The van der Waals surface area contributed by atoms with E-state index in [4.69, 9.17) is 21.4 Å². The summed E-state index contributed by atoms with van der Waals surface area (Å²) < 4.78 is 30.4. The van der Waals surface area contributed by atoms with E-state index in [1.165, 1.54) is 6.07 Å². The Morgan fingerprint density at radius 2 is 1.90 bits per heavy atom. The van der Waals surface area contributed by atoms with Crippen LogP contribution < -0.4 is 4.74 Å². The zero-order valence-electron chi connectivity index (χ0n) is 10.5. The monoisotopic (exact) mass is 324 g/mol. The molecule has 1 N–H and O–H groups in total. The van der Waals surface area contributed by atoms with Crippen molar-refractivity contribution in [1.29, 1.82) is 0 Å². The Morgan fingerprint density at radius 1 is 1.19 bits per heavy atom. The molecule has 0 aliphatic carbocycles. The van der Waals surface area contributed by atoms with Gasteiger partial charge in [0.05, 0.1) is 16.3 Å². The van der Waals surface area contributed by atoms with E-state index in [-0.39, 0.29) is 27.0 Å². The summed E-state index contributed by atoms with van der Waals surface area (Å²) in [7, 11) is -3.71. The van der Waals surface area contributed by atoms with Crippen molar-refractivity contribution in [2.75, 3.05) is 0 Å². The smallest absolute Gasteiger partial charge is 0.337 e. The Morgan fingerprint density at radius 3 is 2.62 bits per heavy atom. The van der Waals surface area contributed by atoms with Gasteiger partial charge in [0, 0.05) is 11.6 Å². The number of fused-ring (bicyclic) bond motifs is 2. The Balaban J connectivity index is 2.28. The third kappa shape index (κ3) is 2.36. The number of halogens is 1. The van der Waals surface area contributed by atoms with Gasteiger partial charge in [0.15, 0.2) is 9.84 Å². The zero-order valence-corrected chi connectivity index (χ0v) is 12.1. The van der Waals surface area contributed by atoms with Crippen molar-refractivity contribution in [3.05, 3.63) is 52.5 Å². The van der Waals surface area contributed by atoms with Crippen LogP contribution in [0, 0.1) is 0 Å². The molecule has 1 aliphatic rings. The summed E-state index contributed by atoms with van der Waals surface area (Å²) in [5.74, 6) is -1.09. The highest BCUT2D eigenvalue weighted by atomic mass is 35.5. The lowest BCUT2D eigenvalue weighted by atomic mass is 10.2. The molecule has 0 radical (unpaired) electrons. The second-order valence-electron chi connectivity index (χ2n) is 4.55. The molecule has 21 heavy (non-hydrogen) atoms. The third-order valence-corrected chi connectivity index (χ3v) is 5.13. The minimum Gasteiger partial charge on any atom is -0.478 e. The SMILES string of the molecule is O=C(O)c1cc2c(cc1Cl)Oc1ccccc1CS2(=O)=O. The summed E-state index contributed by atoms with van der Waals surface area (Å²) in [5.41, 5.74) is 0.246. The predicted molar refractivity (Wildman–Crippen MR) is 75.8 cm³/mol. The average Bonchev–Trinajstić information content (AvgIpc) is 2.50. The summed E-state index contributed by atoms with van der Waals surface area (Å²) in [5, 5.41) is 8.99. The lowest BCUT2D eigenvalue weighted by Gasteiger charge is -2.09. The number of hydrogen-bond donors (Lipinski definition) is 1. The van der Waals surface area contributed by atoms with Gasteiger partial charge in [0.1, 0.15) is 16.4 Å². The van der Waals surface area contributed by atoms with Gasteiger partial charge in [0.2, 0.25) is 0 Å². The molecule has 0 saturated heterocycles. The summed E-state index contributed by atoms with van der Waals surface area (Å²) in [6.45, 7) is 0. The van der Waals surface area contributed by atoms with Crippen LogP contribution >= 0.6 is 11.6 Å². The molecule has 1 aliphatic heterocycles. The first-order valence-electron chi connectivity index (χ1n) is 5.94. The normalized spacial score (nSPS) is 15.3. The number of ether oxygens (including phenoxy) is 1. The summed E-state index contributed by atoms with van der Waals surface area (Å²) >= 11 is 5.87. The van der Waals surface area contributed by atoms with Crippen LogP contribution in [0.15, 0.2) is 41.3 Å². The van der Waals surface area contributed by atoms with Crippen LogP contribution in [0.25, 0.3) is 0 Å². The largest absolute Gasteiger partial charge is 0.478 e. The van der Waals surface area contributed by atoms with Crippen LogP contribution in [0.2, 0.25) is 5.02 Å². The molecule has 0 atom stereocenters. The maximum absolute atomic E-state index is 12.4. The Hall–Kier alpha value is -2.05. The van der Waals surface area contributed by atoms with Crippen molar-refractivity contribution in [3.63, 3.8) is 0 Å². The molecule has 0 spiro atoms. The number of carbonyl (C=O) groups is 1. The molecule has 0 amide bonds. The highest BCUT2D eigenvalue weighted by Gasteiger charge is 2.29. The maximum atomic E-state index is 12.4. The fourth-order valence-electron chi connectivity index (χ4n) is 2.15. The van der Waals surface area contributed by atoms with Gasteiger partial charge in [-0.2, -0.15) is 0 Å². The Bertz CT molecular complexity index is 858. The van der Waals surface area contributed by atoms with Gasteiger partial charge < -0.3 is 9.84 Å². The molecular weight excluding hydrogens is 316 g/mol. The standard InChI is InChI=1S/C14H9ClO5S/c15-10-6-12-13(5-9(10)14(16)17)21(18,19)7-8-3-1-2-4-11(8)20-12/h1-6H,7H2,(H,16,17). The molecule has 1 heterocycles. The molecule has 0 bridgehead atoms. The van der Waals surface area contributed by atoms with Crippen LogP contribution in [0.1, 0.15) is 15.9 Å². The van der Waals surface area contributed by atoms with Gasteiger partial charge >= 0.3 is 5.97 Å². The number of rotatable bonds is 1. The van der Waals surface area contributed by atoms with Crippen LogP contribution in [0.4, 0.5) is 0 Å². The van der Waals surface area contributed by atoms with E-state index < -0.39 is 15.8 Å².